The van der Waals surface area contributed by atoms with Gasteiger partial charge in [-0.2, -0.15) is 36.5 Å². The first kappa shape index (κ1) is 65.4. The number of ketones is 1. The Morgan fingerprint density at radius 3 is 1.76 bits per heavy atom. The maximum absolute atomic E-state index is 12.9. The molecule has 2 aliphatic rings. The van der Waals surface area contributed by atoms with Crippen molar-refractivity contribution in [2.75, 3.05) is 76.0 Å². The summed E-state index contributed by atoms with van der Waals surface area (Å²) in [4.78, 5) is 47.6. The number of ether oxygens (including phenoxy) is 4. The third-order valence-corrected chi connectivity index (χ3v) is 16.6. The molecule has 8 heterocycles. The Morgan fingerprint density at radius 1 is 0.725 bits per heavy atom. The molecule has 0 unspecified atom stereocenters. The number of halogens is 7. The van der Waals surface area contributed by atoms with Gasteiger partial charge in [0.1, 0.15) is 54.7 Å². The molecule has 28 heteroatoms. The van der Waals surface area contributed by atoms with Crippen LogP contribution in [0.25, 0.3) is 22.1 Å². The van der Waals surface area contributed by atoms with Crippen LogP contribution in [-0.2, 0) is 64.9 Å². The number of H-pyrrole nitrogens is 1. The van der Waals surface area contributed by atoms with Crippen LogP contribution in [0.2, 0.25) is 51.4 Å². The van der Waals surface area contributed by atoms with Crippen LogP contribution in [0.5, 0.6) is 0 Å². The molecule has 6 aromatic rings. The summed E-state index contributed by atoms with van der Waals surface area (Å²) in [5, 5.41) is 15.6. The van der Waals surface area contributed by atoms with E-state index in [0.29, 0.717) is 96.9 Å². The van der Waals surface area contributed by atoms with Crippen molar-refractivity contribution >= 4 is 73.1 Å². The number of carbonyl (C=O) groups is 2. The van der Waals surface area contributed by atoms with Crippen molar-refractivity contribution in [1.29, 1.82) is 0 Å². The molecule has 1 amide bonds. The number of nitrogens with zero attached hydrogens (tertiary/aromatic N) is 11. The van der Waals surface area contributed by atoms with Crippen LogP contribution in [-0.4, -0.2) is 155 Å². The zero-order valence-corrected chi connectivity index (χ0v) is 49.1. The molecule has 6 aromatic heterocycles. The lowest BCUT2D eigenvalue weighted by Gasteiger charge is -2.29. The second-order valence-electron chi connectivity index (χ2n) is 21.7. The number of amides is 1. The maximum atomic E-state index is 12.9. The number of methoxy groups -OCH3 is 2. The number of hydrogen-bond acceptors (Lipinski definition) is 14. The molecule has 0 atom stereocenters. The zero-order chi connectivity index (χ0) is 57.5. The van der Waals surface area contributed by atoms with Crippen molar-refractivity contribution in [3.05, 3.63) is 71.1 Å². The van der Waals surface area contributed by atoms with Crippen molar-refractivity contribution < 1.29 is 54.9 Å². The summed E-state index contributed by atoms with van der Waals surface area (Å²) in [6.07, 6.45) is -3.02. The predicted octanol–water partition coefficient (Wildman–Crippen LogP) is 10.3. The van der Waals surface area contributed by atoms with Gasteiger partial charge in [0.25, 0.3) is 5.91 Å². The van der Waals surface area contributed by atoms with Gasteiger partial charge >= 0.3 is 12.4 Å². The monoisotopic (exact) mass is 1190 g/mol. The first-order valence-electron chi connectivity index (χ1n) is 26.3. The highest BCUT2D eigenvalue weighted by molar-refractivity contribution is 6.76. The van der Waals surface area contributed by atoms with Gasteiger partial charge < -0.3 is 43.2 Å². The van der Waals surface area contributed by atoms with Crippen LogP contribution in [0.4, 0.5) is 38.0 Å². The molecule has 0 saturated heterocycles. The highest BCUT2D eigenvalue weighted by atomic mass is 35.5. The van der Waals surface area contributed by atoms with Crippen molar-refractivity contribution in [2.24, 2.45) is 0 Å². The highest BCUT2D eigenvalue weighted by Crippen LogP contribution is 2.33. The minimum atomic E-state index is -4.35. The van der Waals surface area contributed by atoms with E-state index >= 15 is 0 Å². The van der Waals surface area contributed by atoms with E-state index in [1.54, 1.807) is 18.9 Å². The molecule has 0 aliphatic carbocycles. The highest BCUT2D eigenvalue weighted by Gasteiger charge is 2.33. The molecule has 0 spiro atoms. The van der Waals surface area contributed by atoms with Gasteiger partial charge in [0, 0.05) is 143 Å². The van der Waals surface area contributed by atoms with E-state index in [-0.39, 0.29) is 37.4 Å². The Bertz CT molecular complexity index is 2920. The molecule has 0 fully saturated rings. The van der Waals surface area contributed by atoms with Gasteiger partial charge in [-0.1, -0.05) is 46.7 Å². The molecule has 0 radical (unpaired) electrons. The fourth-order valence-electron chi connectivity index (χ4n) is 8.75. The number of rotatable bonds is 24. The number of hydrogen-bond donors (Lipinski definition) is 2. The van der Waals surface area contributed by atoms with E-state index in [9.17, 15) is 35.9 Å². The second kappa shape index (κ2) is 29.5. The number of alkyl halides is 7. The van der Waals surface area contributed by atoms with Crippen LogP contribution in [0.15, 0.2) is 37.2 Å². The average Bonchev–Trinajstić information content (AvgIpc) is 4.38. The molecule has 0 bridgehead atoms. The fourth-order valence-corrected chi connectivity index (χ4v) is 10.4. The molecule has 19 nitrogen and oxygen atoms in total. The Kier molecular flexibility index (Phi) is 24.1. The van der Waals surface area contributed by atoms with Gasteiger partial charge in [-0.15, -0.1) is 11.6 Å². The summed E-state index contributed by atoms with van der Waals surface area (Å²) in [5.74, 6) is 1.07. The van der Waals surface area contributed by atoms with E-state index in [0.717, 1.165) is 62.7 Å². The van der Waals surface area contributed by atoms with Crippen LogP contribution in [0.1, 0.15) is 76.6 Å². The van der Waals surface area contributed by atoms with Crippen molar-refractivity contribution in [1.82, 2.24) is 54.4 Å². The number of aromatic amines is 1. The molecular weight excluding hydrogens is 1110 g/mol. The molecule has 0 aromatic carbocycles. The largest absolute Gasteiger partial charge is 0.390 e. The SMILES string of the molecule is C.COCCCl.COCCn1nc(C(=O)NCCC(F)(F)F)c2c1CCN(c1ncnc3c1ccn3COCC[Si](C)(C)C)C2.C[Si](C)(C)CCOCn1ccc2c(N3CCc4[nH]nc(C(=O)CCCC(F)(F)F)c4C3)ncnc21. The number of fused-ring (bicyclic) bond motifs is 4. The molecule has 2 N–H and O–H groups in total. The summed E-state index contributed by atoms with van der Waals surface area (Å²) in [7, 11) is 0.851. The van der Waals surface area contributed by atoms with Gasteiger partial charge in [-0.3, -0.25) is 19.4 Å². The van der Waals surface area contributed by atoms with Crippen molar-refractivity contribution in [2.45, 2.75) is 143 Å². The first-order chi connectivity index (χ1) is 37.4. The Labute approximate surface area is 470 Å². The van der Waals surface area contributed by atoms with Crippen LogP contribution < -0.4 is 15.1 Å². The number of carbonyl (C=O) groups excluding carboxylic acids is 2. The third kappa shape index (κ3) is 19.1. The smallest absolute Gasteiger partial charge is 0.383 e. The van der Waals surface area contributed by atoms with E-state index in [2.05, 4.69) is 94.4 Å². The second-order valence-corrected chi connectivity index (χ2v) is 33.3. The first-order valence-corrected chi connectivity index (χ1v) is 34.2. The third-order valence-electron chi connectivity index (χ3n) is 13.0. The number of aromatic nitrogens is 10. The number of nitrogens with one attached hydrogen (secondary N) is 2. The Morgan fingerprint density at radius 2 is 1.26 bits per heavy atom. The summed E-state index contributed by atoms with van der Waals surface area (Å²) >= 11 is 5.18. The summed E-state index contributed by atoms with van der Waals surface area (Å²) < 4.78 is 102. The lowest BCUT2D eigenvalue weighted by atomic mass is 10.0. The number of Topliss-reactive ketones (excluding diaryl/α,β-unsaturated/α-hetero) is 1. The van der Waals surface area contributed by atoms with Crippen molar-refractivity contribution in [3.63, 3.8) is 0 Å². The molecule has 80 heavy (non-hydrogen) atoms. The van der Waals surface area contributed by atoms with Crippen LogP contribution >= 0.6 is 11.6 Å². The Hall–Kier alpha value is -5.46. The van der Waals surface area contributed by atoms with Gasteiger partial charge in [0.15, 0.2) is 11.5 Å². The molecule has 2 aliphatic heterocycles. The molecular formula is C52H78ClF6N13O6Si2. The zero-order valence-electron chi connectivity index (χ0n) is 46.3. The van der Waals surface area contributed by atoms with Crippen LogP contribution in [0, 0.1) is 0 Å². The Balaban J connectivity index is 0.000000269. The van der Waals surface area contributed by atoms with Crippen LogP contribution in [0.3, 0.4) is 0 Å². The van der Waals surface area contributed by atoms with Gasteiger partial charge in [0.2, 0.25) is 0 Å². The van der Waals surface area contributed by atoms with E-state index in [4.69, 9.17) is 25.8 Å². The average molecular weight is 1190 g/mol. The minimum Gasteiger partial charge on any atom is -0.383 e. The van der Waals surface area contributed by atoms with E-state index < -0.39 is 53.8 Å². The molecule has 444 valence electrons. The summed E-state index contributed by atoms with van der Waals surface area (Å²) in [6, 6.07) is 6.08. The predicted molar refractivity (Wildman–Crippen MR) is 302 cm³/mol. The van der Waals surface area contributed by atoms with Gasteiger partial charge in [-0.05, 0) is 30.6 Å². The van der Waals surface area contributed by atoms with E-state index in [1.807, 2.05) is 33.7 Å². The molecule has 8 rings (SSSR count). The summed E-state index contributed by atoms with van der Waals surface area (Å²) in [5.41, 5.74) is 5.01. The van der Waals surface area contributed by atoms with Crippen molar-refractivity contribution in [3.8, 4) is 0 Å². The maximum Gasteiger partial charge on any atom is 0.390 e. The summed E-state index contributed by atoms with van der Waals surface area (Å²) in [6.45, 7) is 19.1. The quantitative estimate of drug-likeness (QED) is 0.0191. The lowest BCUT2D eigenvalue weighted by molar-refractivity contribution is -0.135. The molecule has 0 saturated carbocycles. The fraction of sp³-hybridized carbons (Fsp3) is 0.615. The standard InChI is InChI=1S/C25H36F3N7O3Si.C23H31F3N6O2Si.C3H7ClO.CH4/c1-37-12-11-35-20-6-10-33(15-19(20)21(32-35)24(36)29-8-7-25(26,27)28)22-18-5-9-34(23(18)31-16-30-22)17-38-13-14-39(2,3)4;1-35(2,3)12-11-34-15-32-9-6-16-21(27-14-28-22(16)32)31-10-7-18-17(13-31)20(30-29-18)19(33)5-4-8-23(24,25)26;1-5-3-2-4;/h5,9,16H,6-8,10-15,17H2,1-4H3,(H,29,36);6,9,14H,4-5,7-8,10-13,15H2,1-3H3,(H,29,30);2-3H2,1H3;1H4. The van der Waals surface area contributed by atoms with Gasteiger partial charge in [-0.25, -0.2) is 19.9 Å². The minimum absolute atomic E-state index is 0. The lowest BCUT2D eigenvalue weighted by Crippen LogP contribution is -2.34. The number of anilines is 2. The van der Waals surface area contributed by atoms with E-state index in [1.165, 1.54) is 12.7 Å². The van der Waals surface area contributed by atoms with Gasteiger partial charge in [0.05, 0.1) is 37.0 Å². The normalized spacial score (nSPS) is 13.8. The topological polar surface area (TPSA) is 197 Å².